The van der Waals surface area contributed by atoms with Gasteiger partial charge >= 0.3 is 0 Å². The van der Waals surface area contributed by atoms with Crippen LogP contribution in [0.2, 0.25) is 0 Å². The Morgan fingerprint density at radius 3 is 2.67 bits per heavy atom. The molecule has 3 rings (SSSR count). The molecule has 1 aromatic heterocycles. The lowest BCUT2D eigenvalue weighted by atomic mass is 10.2. The first-order valence-corrected chi connectivity index (χ1v) is 9.81. The number of nitrogens with zero attached hydrogens (tertiary/aromatic N) is 4. The molecule has 0 fully saturated rings. The molecule has 1 unspecified atom stereocenters. The lowest BCUT2D eigenvalue weighted by molar-refractivity contribution is -0.383. The zero-order valence-electron chi connectivity index (χ0n) is 16.1. The van der Waals surface area contributed by atoms with Crippen LogP contribution in [0.3, 0.4) is 0 Å². The first-order chi connectivity index (χ1) is 14.3. The summed E-state index contributed by atoms with van der Waals surface area (Å²) in [5.74, 6) is 0.248. The molecule has 30 heavy (non-hydrogen) atoms. The average Bonchev–Trinajstić information content (AvgIpc) is 3.09. The number of carbonyl (C=O) groups is 1. The standard InChI is InChI=1S/C19H18FN5O4S/c1-12(29-14-9-7-13(20)8-10-14)18-22-23-19(24(18)2)30-11-17(26)21-15-5-3-4-6-16(15)25(27)28/h3-10,12H,11H2,1-2H3,(H,21,26). The van der Waals surface area contributed by atoms with E-state index < -0.39 is 16.9 Å². The Bertz CT molecular complexity index is 1060. The highest BCUT2D eigenvalue weighted by atomic mass is 32.2. The van der Waals surface area contributed by atoms with Gasteiger partial charge in [0.25, 0.3) is 5.69 Å². The summed E-state index contributed by atoms with van der Waals surface area (Å²) in [6.45, 7) is 1.78. The normalized spacial score (nSPS) is 11.7. The number of para-hydroxylation sites is 2. The smallest absolute Gasteiger partial charge is 0.292 e. The molecule has 1 heterocycles. The zero-order valence-corrected chi connectivity index (χ0v) is 16.9. The SMILES string of the molecule is CC(Oc1ccc(F)cc1)c1nnc(SCC(=O)Nc2ccccc2[N+](=O)[O-])n1C. The summed E-state index contributed by atoms with van der Waals surface area (Å²) in [5, 5.41) is 22.2. The van der Waals surface area contributed by atoms with E-state index in [9.17, 15) is 19.3 Å². The van der Waals surface area contributed by atoms with Crippen LogP contribution >= 0.6 is 11.8 Å². The van der Waals surface area contributed by atoms with Gasteiger partial charge in [0.1, 0.15) is 17.3 Å². The lowest BCUT2D eigenvalue weighted by Gasteiger charge is -2.14. The van der Waals surface area contributed by atoms with Crippen LogP contribution in [0.1, 0.15) is 18.9 Å². The van der Waals surface area contributed by atoms with Gasteiger partial charge in [0.15, 0.2) is 17.1 Å². The van der Waals surface area contributed by atoms with Gasteiger partial charge in [0.05, 0.1) is 10.7 Å². The number of hydrogen-bond donors (Lipinski definition) is 1. The molecule has 1 N–H and O–H groups in total. The summed E-state index contributed by atoms with van der Waals surface area (Å²) in [6.07, 6.45) is -0.455. The molecule has 0 aliphatic carbocycles. The minimum absolute atomic E-state index is 0.00871. The van der Waals surface area contributed by atoms with Crippen LogP contribution < -0.4 is 10.1 Å². The molecule has 0 saturated carbocycles. The van der Waals surface area contributed by atoms with Gasteiger partial charge in [0, 0.05) is 13.1 Å². The topological polar surface area (TPSA) is 112 Å². The molecule has 0 spiro atoms. The zero-order chi connectivity index (χ0) is 21.7. The van der Waals surface area contributed by atoms with Crippen molar-refractivity contribution in [2.24, 2.45) is 7.05 Å². The maximum Gasteiger partial charge on any atom is 0.292 e. The fraction of sp³-hybridized carbons (Fsp3) is 0.211. The second-order valence-electron chi connectivity index (χ2n) is 6.22. The predicted octanol–water partition coefficient (Wildman–Crippen LogP) is 3.73. The predicted molar refractivity (Wildman–Crippen MR) is 109 cm³/mol. The van der Waals surface area contributed by atoms with Gasteiger partial charge in [-0.3, -0.25) is 14.9 Å². The molecule has 0 aliphatic heterocycles. The average molecular weight is 431 g/mol. The molecule has 1 atom stereocenters. The maximum atomic E-state index is 13.0. The van der Waals surface area contributed by atoms with Gasteiger partial charge in [-0.2, -0.15) is 0 Å². The van der Waals surface area contributed by atoms with Crippen molar-refractivity contribution in [1.29, 1.82) is 0 Å². The minimum Gasteiger partial charge on any atom is -0.483 e. The van der Waals surface area contributed by atoms with Crippen LogP contribution in [0.25, 0.3) is 0 Å². The molecule has 2 aromatic carbocycles. The maximum absolute atomic E-state index is 13.0. The van der Waals surface area contributed by atoms with Crippen LogP contribution in [0.15, 0.2) is 53.7 Å². The van der Waals surface area contributed by atoms with Crippen molar-refractivity contribution in [2.45, 2.75) is 18.2 Å². The number of carbonyl (C=O) groups excluding carboxylic acids is 1. The third-order valence-electron chi connectivity index (χ3n) is 4.07. The van der Waals surface area contributed by atoms with Gasteiger partial charge < -0.3 is 14.6 Å². The third kappa shape index (κ3) is 5.11. The van der Waals surface area contributed by atoms with Crippen molar-refractivity contribution >= 4 is 29.0 Å². The molecule has 0 radical (unpaired) electrons. The number of thioether (sulfide) groups is 1. The number of ether oxygens (including phenoxy) is 1. The van der Waals surface area contributed by atoms with E-state index >= 15 is 0 Å². The number of aromatic nitrogens is 3. The first-order valence-electron chi connectivity index (χ1n) is 8.82. The third-order valence-corrected chi connectivity index (χ3v) is 5.09. The Balaban J connectivity index is 1.60. The van der Waals surface area contributed by atoms with Crippen molar-refractivity contribution in [3.8, 4) is 5.75 Å². The van der Waals surface area contributed by atoms with Crippen LogP contribution in [0.5, 0.6) is 5.75 Å². The number of anilines is 1. The molecule has 0 saturated heterocycles. The molecular formula is C19H18FN5O4S. The van der Waals surface area contributed by atoms with E-state index in [-0.39, 0.29) is 22.9 Å². The first kappa shape index (κ1) is 21.2. The summed E-state index contributed by atoms with van der Waals surface area (Å²) < 4.78 is 20.5. The van der Waals surface area contributed by atoms with E-state index in [1.54, 1.807) is 24.6 Å². The van der Waals surface area contributed by atoms with E-state index in [1.807, 2.05) is 0 Å². The number of halogens is 1. The second kappa shape index (κ2) is 9.35. The van der Waals surface area contributed by atoms with Crippen molar-refractivity contribution in [3.05, 3.63) is 70.3 Å². The monoisotopic (exact) mass is 431 g/mol. The van der Waals surface area contributed by atoms with Crippen LogP contribution in [0.4, 0.5) is 15.8 Å². The Morgan fingerprint density at radius 2 is 1.97 bits per heavy atom. The fourth-order valence-electron chi connectivity index (χ4n) is 2.63. The Morgan fingerprint density at radius 1 is 1.27 bits per heavy atom. The molecule has 0 aliphatic rings. The van der Waals surface area contributed by atoms with E-state index in [0.717, 1.165) is 11.8 Å². The molecular weight excluding hydrogens is 413 g/mol. The summed E-state index contributed by atoms with van der Waals surface area (Å²) in [6, 6.07) is 11.6. The number of nitro benzene ring substituents is 1. The van der Waals surface area contributed by atoms with Crippen molar-refractivity contribution in [3.63, 3.8) is 0 Å². The second-order valence-corrected chi connectivity index (χ2v) is 7.17. The van der Waals surface area contributed by atoms with Crippen LogP contribution in [-0.4, -0.2) is 31.3 Å². The number of hydrogen-bond acceptors (Lipinski definition) is 7. The summed E-state index contributed by atoms with van der Waals surface area (Å²) >= 11 is 1.14. The number of rotatable bonds is 8. The number of nitrogens with one attached hydrogen (secondary N) is 1. The van der Waals surface area contributed by atoms with Crippen LogP contribution in [0, 0.1) is 15.9 Å². The van der Waals surface area contributed by atoms with E-state index in [0.29, 0.717) is 16.7 Å². The number of nitro groups is 1. The Kier molecular flexibility index (Phi) is 6.62. The highest BCUT2D eigenvalue weighted by molar-refractivity contribution is 7.99. The molecule has 11 heteroatoms. The molecule has 1 amide bonds. The number of amides is 1. The molecule has 156 valence electrons. The molecule has 0 bridgehead atoms. The largest absolute Gasteiger partial charge is 0.483 e. The van der Waals surface area contributed by atoms with Crippen molar-refractivity contribution in [2.75, 3.05) is 11.1 Å². The fourth-order valence-corrected chi connectivity index (χ4v) is 3.35. The van der Waals surface area contributed by atoms with Gasteiger partial charge in [-0.1, -0.05) is 23.9 Å². The number of benzene rings is 2. The van der Waals surface area contributed by atoms with Crippen molar-refractivity contribution in [1.82, 2.24) is 14.8 Å². The van der Waals surface area contributed by atoms with Crippen LogP contribution in [-0.2, 0) is 11.8 Å². The summed E-state index contributed by atoms with van der Waals surface area (Å²) in [5.41, 5.74) is -0.0448. The van der Waals surface area contributed by atoms with Gasteiger partial charge in [-0.25, -0.2) is 4.39 Å². The Labute approximate surface area is 175 Å². The van der Waals surface area contributed by atoms with E-state index in [4.69, 9.17) is 4.74 Å². The van der Waals surface area contributed by atoms with E-state index in [2.05, 4.69) is 15.5 Å². The molecule has 9 nitrogen and oxygen atoms in total. The highest BCUT2D eigenvalue weighted by Crippen LogP contribution is 2.25. The Hall–Kier alpha value is -3.47. The quantitative estimate of drug-likeness (QED) is 0.328. The minimum atomic E-state index is -0.555. The van der Waals surface area contributed by atoms with Gasteiger partial charge in [-0.15, -0.1) is 10.2 Å². The summed E-state index contributed by atoms with van der Waals surface area (Å²) in [4.78, 5) is 22.7. The summed E-state index contributed by atoms with van der Waals surface area (Å²) in [7, 11) is 1.74. The van der Waals surface area contributed by atoms with E-state index in [1.165, 1.54) is 42.5 Å². The van der Waals surface area contributed by atoms with Crippen molar-refractivity contribution < 1.29 is 18.8 Å². The van der Waals surface area contributed by atoms with Gasteiger partial charge in [-0.05, 0) is 37.3 Å². The lowest BCUT2D eigenvalue weighted by Crippen LogP contribution is -2.15. The molecule has 3 aromatic rings. The van der Waals surface area contributed by atoms with Gasteiger partial charge in [0.2, 0.25) is 5.91 Å². The highest BCUT2D eigenvalue weighted by Gasteiger charge is 2.19.